The maximum Gasteiger partial charge on any atom is 0.251 e. The van der Waals surface area contributed by atoms with Gasteiger partial charge in [0.05, 0.1) is 24.5 Å². The zero-order valence-corrected chi connectivity index (χ0v) is 20.9. The molecular formula is C30H31FN4O2. The van der Waals surface area contributed by atoms with E-state index in [1.54, 1.807) is 6.07 Å². The topological polar surface area (TPSA) is 87.8 Å². The Morgan fingerprint density at radius 1 is 1.11 bits per heavy atom. The minimum Gasteiger partial charge on any atom is -0.369 e. The van der Waals surface area contributed by atoms with Gasteiger partial charge in [0.25, 0.3) is 5.91 Å². The second-order valence-corrected chi connectivity index (χ2v) is 10.1. The van der Waals surface area contributed by atoms with Crippen LogP contribution >= 0.6 is 0 Å². The molecule has 0 saturated heterocycles. The van der Waals surface area contributed by atoms with Crippen molar-refractivity contribution in [3.8, 4) is 0 Å². The van der Waals surface area contributed by atoms with Gasteiger partial charge in [0.2, 0.25) is 5.91 Å². The maximum absolute atomic E-state index is 14.5. The van der Waals surface area contributed by atoms with Crippen LogP contribution in [-0.4, -0.2) is 22.7 Å². The average molecular weight is 499 g/mol. The summed E-state index contributed by atoms with van der Waals surface area (Å²) in [6, 6.07) is 23.2. The molecule has 2 aliphatic rings. The number of nitrogens with two attached hydrogens (primary N) is 1. The predicted molar refractivity (Wildman–Crippen MR) is 141 cm³/mol. The van der Waals surface area contributed by atoms with Crippen LogP contribution in [-0.2, 0) is 16.9 Å². The van der Waals surface area contributed by atoms with E-state index in [0.717, 1.165) is 30.4 Å². The number of rotatable bonds is 8. The first kappa shape index (κ1) is 24.7. The highest BCUT2D eigenvalue weighted by atomic mass is 19.1. The minimum atomic E-state index is -0.680. The molecule has 7 heteroatoms. The lowest BCUT2D eigenvalue weighted by atomic mass is 9.81. The summed E-state index contributed by atoms with van der Waals surface area (Å²) in [6.07, 6.45) is 3.25. The van der Waals surface area contributed by atoms with Crippen molar-refractivity contribution in [1.29, 1.82) is 0 Å². The number of guanidine groups is 1. The highest BCUT2D eigenvalue weighted by Gasteiger charge is 2.44. The first-order valence-electron chi connectivity index (χ1n) is 12.7. The molecule has 0 aromatic heterocycles. The normalized spacial score (nSPS) is 20.3. The minimum absolute atomic E-state index is 0.0365. The maximum atomic E-state index is 14.5. The van der Waals surface area contributed by atoms with Crippen molar-refractivity contribution in [1.82, 2.24) is 10.2 Å². The highest BCUT2D eigenvalue weighted by Crippen LogP contribution is 2.46. The second-order valence-electron chi connectivity index (χ2n) is 10.1. The van der Waals surface area contributed by atoms with Gasteiger partial charge in [-0.05, 0) is 54.2 Å². The number of benzene rings is 3. The third-order valence-electron chi connectivity index (χ3n) is 7.19. The van der Waals surface area contributed by atoms with Crippen LogP contribution in [0, 0.1) is 11.7 Å². The molecule has 5 rings (SSSR count). The number of hydrogen-bond acceptors (Lipinski definition) is 4. The average Bonchev–Trinajstić information content (AvgIpc) is 3.71. The quantitative estimate of drug-likeness (QED) is 0.455. The van der Waals surface area contributed by atoms with Gasteiger partial charge in [0.15, 0.2) is 5.96 Å². The highest BCUT2D eigenvalue weighted by molar-refractivity contribution is 5.99. The van der Waals surface area contributed by atoms with Crippen LogP contribution in [0.5, 0.6) is 0 Å². The fourth-order valence-electron chi connectivity index (χ4n) is 5.07. The molecule has 3 N–H and O–H groups in total. The molecule has 2 amide bonds. The summed E-state index contributed by atoms with van der Waals surface area (Å²) in [4.78, 5) is 32.6. The molecule has 1 aliphatic heterocycles. The molecule has 0 bridgehead atoms. The van der Waals surface area contributed by atoms with E-state index in [1.807, 2.05) is 67.6 Å². The zero-order chi connectivity index (χ0) is 26.0. The molecule has 1 fully saturated rings. The van der Waals surface area contributed by atoms with Crippen LogP contribution in [0.2, 0.25) is 0 Å². The Morgan fingerprint density at radius 2 is 1.78 bits per heavy atom. The molecule has 1 heterocycles. The van der Waals surface area contributed by atoms with E-state index in [0.29, 0.717) is 11.5 Å². The number of nitrogens with zero attached hydrogens (tertiary/aromatic N) is 2. The summed E-state index contributed by atoms with van der Waals surface area (Å²) in [5, 5.41) is 2.91. The summed E-state index contributed by atoms with van der Waals surface area (Å²) in [5.41, 5.74) is 8.28. The Hall–Kier alpha value is -4.00. The Morgan fingerprint density at radius 3 is 2.43 bits per heavy atom. The van der Waals surface area contributed by atoms with Crippen molar-refractivity contribution in [2.24, 2.45) is 16.6 Å². The van der Waals surface area contributed by atoms with Gasteiger partial charge in [-0.2, -0.15) is 0 Å². The van der Waals surface area contributed by atoms with Crippen LogP contribution in [0.25, 0.3) is 0 Å². The molecule has 0 spiro atoms. The Labute approximate surface area is 216 Å². The molecule has 3 aromatic carbocycles. The smallest absolute Gasteiger partial charge is 0.251 e. The molecule has 1 saturated carbocycles. The van der Waals surface area contributed by atoms with E-state index in [9.17, 15) is 14.0 Å². The summed E-state index contributed by atoms with van der Waals surface area (Å²) in [6.45, 7) is 1.91. The monoisotopic (exact) mass is 498 g/mol. The van der Waals surface area contributed by atoms with Gasteiger partial charge in [-0.3, -0.25) is 14.5 Å². The molecule has 0 radical (unpaired) electrons. The lowest BCUT2D eigenvalue weighted by Crippen LogP contribution is -2.50. The van der Waals surface area contributed by atoms with Crippen LogP contribution in [0.1, 0.15) is 65.7 Å². The van der Waals surface area contributed by atoms with E-state index >= 15 is 0 Å². The van der Waals surface area contributed by atoms with Gasteiger partial charge < -0.3 is 11.1 Å². The van der Waals surface area contributed by atoms with E-state index in [-0.39, 0.29) is 36.4 Å². The fourth-order valence-corrected chi connectivity index (χ4v) is 5.07. The van der Waals surface area contributed by atoms with Gasteiger partial charge in [0, 0.05) is 5.56 Å². The number of hydrogen-bond donors (Lipinski definition) is 2. The Bertz CT molecular complexity index is 1320. The number of halogens is 1. The predicted octanol–water partition coefficient (Wildman–Crippen LogP) is 5.06. The molecule has 3 aromatic rings. The number of amides is 2. The summed E-state index contributed by atoms with van der Waals surface area (Å²) >= 11 is 0. The first-order chi connectivity index (χ1) is 17.8. The van der Waals surface area contributed by atoms with Crippen molar-refractivity contribution in [3.63, 3.8) is 0 Å². The molecule has 37 heavy (non-hydrogen) atoms. The molecule has 6 nitrogen and oxygen atoms in total. The van der Waals surface area contributed by atoms with Gasteiger partial charge >= 0.3 is 0 Å². The largest absolute Gasteiger partial charge is 0.369 e. The van der Waals surface area contributed by atoms with Crippen molar-refractivity contribution < 1.29 is 14.0 Å². The third kappa shape index (κ3) is 5.56. The van der Waals surface area contributed by atoms with Crippen molar-refractivity contribution >= 4 is 17.8 Å². The second kappa shape index (κ2) is 10.2. The van der Waals surface area contributed by atoms with Gasteiger partial charge in [-0.15, -0.1) is 0 Å². The van der Waals surface area contributed by atoms with Crippen LogP contribution in [0.15, 0.2) is 83.9 Å². The Balaban J connectivity index is 1.36. The molecule has 190 valence electrons. The summed E-state index contributed by atoms with van der Waals surface area (Å²) < 4.78 is 14.5. The number of carbonyl (C=O) groups excluding carboxylic acids is 2. The Kier molecular flexibility index (Phi) is 6.78. The van der Waals surface area contributed by atoms with Crippen molar-refractivity contribution in [3.05, 3.63) is 107 Å². The number of aliphatic imine (C=N–C) groups is 1. The fraction of sp³-hybridized carbons (Fsp3) is 0.300. The van der Waals surface area contributed by atoms with Crippen LogP contribution in [0.3, 0.4) is 0 Å². The van der Waals surface area contributed by atoms with E-state index in [1.165, 1.54) is 17.0 Å². The standard InChI is InChI=1S/C30H31FN4O2/c1-20(23-8-4-2-5-9-23)33-28(37)24-14-22(15-26(31)16-24)19-35-27(36)18-30(34-29(35)32,17-21-12-13-21)25-10-6-3-7-11-25/h2-11,14-16,20-21H,12-13,17-19H2,1H3,(H2,32,34)(H,33,37)/t20-,30+/m0/s1. The van der Waals surface area contributed by atoms with Crippen molar-refractivity contribution in [2.75, 3.05) is 0 Å². The third-order valence-corrected chi connectivity index (χ3v) is 7.19. The van der Waals surface area contributed by atoms with E-state index in [4.69, 9.17) is 10.7 Å². The van der Waals surface area contributed by atoms with Gasteiger partial charge in [-0.1, -0.05) is 73.5 Å². The van der Waals surface area contributed by atoms with Crippen LogP contribution in [0.4, 0.5) is 4.39 Å². The molecule has 1 aliphatic carbocycles. The van der Waals surface area contributed by atoms with Crippen molar-refractivity contribution in [2.45, 2.75) is 50.7 Å². The number of nitrogens with one attached hydrogen (secondary N) is 1. The lowest BCUT2D eigenvalue weighted by molar-refractivity contribution is -0.130. The van der Waals surface area contributed by atoms with Gasteiger partial charge in [-0.25, -0.2) is 9.38 Å². The first-order valence-corrected chi connectivity index (χ1v) is 12.7. The summed E-state index contributed by atoms with van der Waals surface area (Å²) in [5.74, 6) is -0.448. The zero-order valence-electron chi connectivity index (χ0n) is 20.9. The molecular weight excluding hydrogens is 467 g/mol. The lowest BCUT2D eigenvalue weighted by Gasteiger charge is -2.38. The number of carbonyl (C=O) groups is 2. The molecule has 0 unspecified atom stereocenters. The molecule has 2 atom stereocenters. The van der Waals surface area contributed by atoms with E-state index in [2.05, 4.69) is 5.32 Å². The van der Waals surface area contributed by atoms with Crippen LogP contribution < -0.4 is 11.1 Å². The van der Waals surface area contributed by atoms with E-state index < -0.39 is 17.3 Å². The summed E-state index contributed by atoms with van der Waals surface area (Å²) in [7, 11) is 0. The van der Waals surface area contributed by atoms with Gasteiger partial charge in [0.1, 0.15) is 5.82 Å². The SMILES string of the molecule is C[C@H](NC(=O)c1cc(F)cc(CN2C(=O)C[C@](CC3CC3)(c3ccccc3)N=C2N)c1)c1ccccc1.